The lowest BCUT2D eigenvalue weighted by Gasteiger charge is -2.26. The van der Waals surface area contributed by atoms with E-state index >= 15 is 0 Å². The van der Waals surface area contributed by atoms with Crippen molar-refractivity contribution in [3.05, 3.63) is 77.3 Å². The van der Waals surface area contributed by atoms with Crippen molar-refractivity contribution < 1.29 is 22.9 Å². The summed E-state index contributed by atoms with van der Waals surface area (Å²) in [5, 5.41) is 23.7. The number of nitrogens with one attached hydrogen (secondary N) is 1. The molecule has 0 spiro atoms. The maximum Gasteiger partial charge on any atom is 0.490 e. The molecule has 0 radical (unpaired) electrons. The van der Waals surface area contributed by atoms with Crippen LogP contribution in [0.3, 0.4) is 0 Å². The van der Waals surface area contributed by atoms with Gasteiger partial charge in [0.25, 0.3) is 0 Å². The predicted molar refractivity (Wildman–Crippen MR) is 154 cm³/mol. The van der Waals surface area contributed by atoms with Crippen LogP contribution in [0.5, 0.6) is 0 Å². The fraction of sp³-hybridized carbons (Fsp3) is 0.185. The average Bonchev–Trinajstić information content (AvgIpc) is 3.63. The van der Waals surface area contributed by atoms with Crippen LogP contribution >= 0.6 is 11.6 Å². The largest absolute Gasteiger partial charge is 0.490 e. The first-order chi connectivity index (χ1) is 18.0. The normalized spacial score (nSPS) is 13.5. The molecular weight excluding hydrogens is 525 g/mol. The third kappa shape index (κ3) is 4.76. The predicted octanol–water partition coefficient (Wildman–Crippen LogP) is 4.18. The van der Waals surface area contributed by atoms with E-state index in [0.717, 1.165) is 41.2 Å². The monoisotopic (exact) mass is 551 g/mol. The summed E-state index contributed by atoms with van der Waals surface area (Å²) >= 11 is 6.11. The molecule has 0 atom stereocenters. The van der Waals surface area contributed by atoms with Gasteiger partial charge in [0, 0.05) is 45.9 Å². The number of nitrogens with two attached hydrogens (primary N) is 1. The molecule has 0 saturated heterocycles. The van der Waals surface area contributed by atoms with E-state index in [4.69, 9.17) is 21.8 Å². The van der Waals surface area contributed by atoms with Crippen molar-refractivity contribution in [3.63, 3.8) is 0 Å². The van der Waals surface area contributed by atoms with E-state index in [1.807, 2.05) is 18.2 Å². The van der Waals surface area contributed by atoms with Crippen molar-refractivity contribution in [2.75, 3.05) is 23.3 Å². The van der Waals surface area contributed by atoms with Crippen LogP contribution in [0.2, 0.25) is 5.02 Å². The van der Waals surface area contributed by atoms with Crippen LogP contribution in [0, 0.1) is 0 Å². The second-order valence-electron chi connectivity index (χ2n) is 9.44. The lowest BCUT2D eigenvalue weighted by atomic mass is 9.79. The Hall–Kier alpha value is -3.44. The summed E-state index contributed by atoms with van der Waals surface area (Å²) in [5.74, 6) is 0.769. The highest BCUT2D eigenvalue weighted by Gasteiger charge is 2.33. The van der Waals surface area contributed by atoms with Gasteiger partial charge < -0.3 is 25.5 Å². The van der Waals surface area contributed by atoms with Crippen LogP contribution in [-0.4, -0.2) is 38.9 Å². The van der Waals surface area contributed by atoms with E-state index in [-0.39, 0.29) is 22.8 Å². The van der Waals surface area contributed by atoms with Crippen molar-refractivity contribution in [2.24, 2.45) is 0 Å². The summed E-state index contributed by atoms with van der Waals surface area (Å²) in [6.45, 7) is 4.18. The molecule has 11 heteroatoms. The molecule has 1 aromatic heterocycles. The van der Waals surface area contributed by atoms with E-state index in [1.165, 1.54) is 22.5 Å². The Kier molecular flexibility index (Phi) is 6.69. The minimum absolute atomic E-state index is 0.0656. The smallest absolute Gasteiger partial charge is 0.455 e. The average molecular weight is 552 g/mol. The molecular formula is C27H27BClN3O5S. The minimum Gasteiger partial charge on any atom is -0.455 e. The third-order valence-corrected chi connectivity index (χ3v) is 8.02. The van der Waals surface area contributed by atoms with Gasteiger partial charge >= 0.3 is 7.12 Å². The molecule has 0 aliphatic heterocycles. The summed E-state index contributed by atoms with van der Waals surface area (Å²) in [4.78, 5) is 0. The summed E-state index contributed by atoms with van der Waals surface area (Å²) < 4.78 is 34.0. The quantitative estimate of drug-likeness (QED) is 0.191. The SMILES string of the molecule is C=C(NC)c1c(-c2ccc(Cl)cc2)oc2cc(N(c3ccc(B(O)O)c(N)c3)S(C)(=O)=O)c(C3CC3)cc12. The second kappa shape index (κ2) is 9.70. The summed E-state index contributed by atoms with van der Waals surface area (Å²) in [6, 6.07) is 15.3. The number of hydrogen-bond acceptors (Lipinski definition) is 7. The Morgan fingerprint density at radius 1 is 1.16 bits per heavy atom. The fourth-order valence-electron chi connectivity index (χ4n) is 4.71. The zero-order valence-corrected chi connectivity index (χ0v) is 22.5. The molecule has 1 aliphatic rings. The van der Waals surface area contributed by atoms with Crippen LogP contribution in [0.4, 0.5) is 17.1 Å². The molecule has 0 unspecified atom stereocenters. The maximum atomic E-state index is 13.2. The summed E-state index contributed by atoms with van der Waals surface area (Å²) in [6.07, 6.45) is 2.98. The maximum absolute atomic E-state index is 13.2. The molecule has 0 amide bonds. The Bertz CT molecular complexity index is 1660. The van der Waals surface area contributed by atoms with Gasteiger partial charge in [0.2, 0.25) is 10.0 Å². The highest BCUT2D eigenvalue weighted by molar-refractivity contribution is 7.92. The van der Waals surface area contributed by atoms with Gasteiger partial charge in [0.05, 0.1) is 23.2 Å². The van der Waals surface area contributed by atoms with Gasteiger partial charge in [-0.3, -0.25) is 0 Å². The van der Waals surface area contributed by atoms with E-state index < -0.39 is 17.1 Å². The van der Waals surface area contributed by atoms with Gasteiger partial charge in [-0.25, -0.2) is 12.7 Å². The van der Waals surface area contributed by atoms with Crippen LogP contribution in [-0.2, 0) is 10.0 Å². The first-order valence-corrected chi connectivity index (χ1v) is 14.2. The minimum atomic E-state index is -3.83. The Balaban J connectivity index is 1.77. The van der Waals surface area contributed by atoms with Gasteiger partial charge in [0.1, 0.15) is 11.3 Å². The number of hydrogen-bond donors (Lipinski definition) is 4. The fourth-order valence-corrected chi connectivity index (χ4v) is 5.85. The summed E-state index contributed by atoms with van der Waals surface area (Å²) in [7, 11) is -3.82. The number of furan rings is 1. The number of halogens is 1. The Morgan fingerprint density at radius 3 is 2.39 bits per heavy atom. The van der Waals surface area contributed by atoms with E-state index in [1.54, 1.807) is 25.2 Å². The zero-order chi connectivity index (χ0) is 27.4. The number of benzene rings is 3. The molecule has 8 nitrogen and oxygen atoms in total. The van der Waals surface area contributed by atoms with Crippen molar-refractivity contribution in [1.82, 2.24) is 5.32 Å². The first kappa shape index (κ1) is 26.2. The van der Waals surface area contributed by atoms with Crippen LogP contribution in [0.25, 0.3) is 28.0 Å². The topological polar surface area (TPSA) is 129 Å². The molecule has 1 heterocycles. The van der Waals surface area contributed by atoms with Crippen LogP contribution in [0.15, 0.2) is 65.6 Å². The standard InChI is InChI=1S/C27H27BClN3O5S/c1-15(31-2)26-21-13-20(16-4-5-16)24(14-25(21)37-27(26)17-6-8-18(29)9-7-17)32(38(3,35)36)19-10-11-22(28(33)34)23(30)12-19/h6-14,16,31,33-34H,1,4-5,30H2,2-3H3. The number of fused-ring (bicyclic) bond motifs is 1. The molecule has 4 aromatic rings. The molecule has 38 heavy (non-hydrogen) atoms. The molecule has 5 rings (SSSR count). The number of rotatable bonds is 8. The lowest BCUT2D eigenvalue weighted by molar-refractivity contribution is 0.426. The summed E-state index contributed by atoms with van der Waals surface area (Å²) in [5.41, 5.74) is 10.5. The van der Waals surface area contributed by atoms with Crippen molar-refractivity contribution in [2.45, 2.75) is 18.8 Å². The number of nitrogen functional groups attached to an aromatic ring is 1. The van der Waals surface area contributed by atoms with E-state index in [9.17, 15) is 18.5 Å². The Labute approximate surface area is 226 Å². The van der Waals surface area contributed by atoms with Crippen molar-refractivity contribution >= 4 is 67.9 Å². The van der Waals surface area contributed by atoms with Gasteiger partial charge in [0.15, 0.2) is 0 Å². The third-order valence-electron chi connectivity index (χ3n) is 6.70. The zero-order valence-electron chi connectivity index (χ0n) is 20.9. The molecule has 1 saturated carbocycles. The van der Waals surface area contributed by atoms with Gasteiger partial charge in [-0.2, -0.15) is 0 Å². The van der Waals surface area contributed by atoms with E-state index in [2.05, 4.69) is 11.9 Å². The van der Waals surface area contributed by atoms with Crippen LogP contribution < -0.4 is 20.8 Å². The highest BCUT2D eigenvalue weighted by Crippen LogP contribution is 2.49. The van der Waals surface area contributed by atoms with Gasteiger partial charge in [-0.1, -0.05) is 24.2 Å². The molecule has 196 valence electrons. The van der Waals surface area contributed by atoms with Crippen molar-refractivity contribution in [3.8, 4) is 11.3 Å². The molecule has 3 aromatic carbocycles. The van der Waals surface area contributed by atoms with Gasteiger partial charge in [-0.15, -0.1) is 0 Å². The van der Waals surface area contributed by atoms with E-state index in [0.29, 0.717) is 27.8 Å². The highest BCUT2D eigenvalue weighted by atomic mass is 35.5. The molecule has 1 aliphatic carbocycles. The molecule has 5 N–H and O–H groups in total. The lowest BCUT2D eigenvalue weighted by Crippen LogP contribution is -2.33. The van der Waals surface area contributed by atoms with Crippen LogP contribution in [0.1, 0.15) is 29.9 Å². The number of sulfonamides is 1. The molecule has 1 fully saturated rings. The molecule has 0 bridgehead atoms. The second-order valence-corrected chi connectivity index (χ2v) is 11.7. The first-order valence-electron chi connectivity index (χ1n) is 12.0. The van der Waals surface area contributed by atoms with Gasteiger partial charge in [-0.05, 0) is 66.8 Å². The van der Waals surface area contributed by atoms with Crippen molar-refractivity contribution in [1.29, 1.82) is 0 Å². The Morgan fingerprint density at radius 2 is 1.84 bits per heavy atom. The number of nitrogens with zero attached hydrogens (tertiary/aromatic N) is 1. The number of anilines is 3.